The van der Waals surface area contributed by atoms with Gasteiger partial charge >= 0.3 is 0 Å². The van der Waals surface area contributed by atoms with Crippen LogP contribution in [0.15, 0.2) is 41.8 Å². The van der Waals surface area contributed by atoms with Crippen molar-refractivity contribution in [3.05, 3.63) is 57.8 Å². The molecule has 1 unspecified atom stereocenters. The number of aryl methyl sites for hydroxylation is 1. The molecule has 0 aliphatic carbocycles. The minimum absolute atomic E-state index is 0.114. The molecule has 0 bridgehead atoms. The van der Waals surface area contributed by atoms with Gasteiger partial charge in [0.15, 0.2) is 0 Å². The van der Waals surface area contributed by atoms with Crippen molar-refractivity contribution in [2.75, 3.05) is 13.1 Å². The Labute approximate surface area is 164 Å². The number of rotatable bonds is 6. The Morgan fingerprint density at radius 2 is 1.93 bits per heavy atom. The van der Waals surface area contributed by atoms with Crippen molar-refractivity contribution in [1.29, 1.82) is 0 Å². The lowest BCUT2D eigenvalue weighted by atomic mass is 10.0. The zero-order chi connectivity index (χ0) is 19.2. The second kappa shape index (κ2) is 9.15. The Balaban J connectivity index is 1.42. The number of benzene rings is 1. The van der Waals surface area contributed by atoms with E-state index < -0.39 is 6.04 Å². The lowest BCUT2D eigenvalue weighted by Crippen LogP contribution is -2.50. The lowest BCUT2D eigenvalue weighted by molar-refractivity contribution is -0.123. The Kier molecular flexibility index (Phi) is 6.63. The largest absolute Gasteiger partial charge is 0.351 e. The molecule has 3 rings (SSSR count). The molecule has 1 aliphatic heterocycles. The van der Waals surface area contributed by atoms with Gasteiger partial charge < -0.3 is 10.6 Å². The van der Waals surface area contributed by atoms with Gasteiger partial charge in [-0.3, -0.25) is 14.5 Å². The van der Waals surface area contributed by atoms with Crippen LogP contribution in [0.3, 0.4) is 0 Å². The number of thiophene rings is 1. The first-order valence-corrected chi connectivity index (χ1v) is 10.3. The average molecular weight is 386 g/mol. The van der Waals surface area contributed by atoms with E-state index in [0.29, 0.717) is 4.88 Å². The van der Waals surface area contributed by atoms with Gasteiger partial charge in [0.05, 0.1) is 4.88 Å². The molecule has 1 aliphatic rings. The summed E-state index contributed by atoms with van der Waals surface area (Å²) >= 11 is 1.37. The molecule has 6 heteroatoms. The number of carbonyl (C=O) groups is 2. The van der Waals surface area contributed by atoms with Gasteiger partial charge in [0.25, 0.3) is 5.91 Å². The number of piperidine rings is 1. The lowest BCUT2D eigenvalue weighted by Gasteiger charge is -2.33. The smallest absolute Gasteiger partial charge is 0.261 e. The van der Waals surface area contributed by atoms with E-state index in [4.69, 9.17) is 0 Å². The number of carbonyl (C=O) groups excluding carboxylic acids is 2. The van der Waals surface area contributed by atoms with Crippen molar-refractivity contribution in [2.45, 2.75) is 45.3 Å². The SMILES string of the molecule is Cc1ccccc1CN1CCC(NC(=O)C(C)NC(=O)c2cccs2)CC1. The van der Waals surface area contributed by atoms with E-state index in [1.807, 2.05) is 11.4 Å². The molecule has 0 spiro atoms. The molecule has 2 aromatic rings. The van der Waals surface area contributed by atoms with Gasteiger partial charge in [-0.1, -0.05) is 30.3 Å². The Hall–Kier alpha value is -2.18. The monoisotopic (exact) mass is 385 g/mol. The molecule has 2 amide bonds. The molecule has 1 saturated heterocycles. The minimum Gasteiger partial charge on any atom is -0.351 e. The van der Waals surface area contributed by atoms with Crippen LogP contribution in [0.4, 0.5) is 0 Å². The topological polar surface area (TPSA) is 61.4 Å². The normalized spacial score (nSPS) is 16.7. The van der Waals surface area contributed by atoms with Crippen LogP contribution in [-0.4, -0.2) is 41.9 Å². The summed E-state index contributed by atoms with van der Waals surface area (Å²) in [7, 11) is 0. The van der Waals surface area contributed by atoms with E-state index in [1.165, 1.54) is 22.5 Å². The summed E-state index contributed by atoms with van der Waals surface area (Å²) in [5.74, 6) is -0.307. The molecule has 144 valence electrons. The summed E-state index contributed by atoms with van der Waals surface area (Å²) in [6, 6.07) is 11.7. The van der Waals surface area contributed by atoms with Gasteiger partial charge in [-0.05, 0) is 49.3 Å². The van der Waals surface area contributed by atoms with Crippen LogP contribution in [0.2, 0.25) is 0 Å². The van der Waals surface area contributed by atoms with Crippen molar-refractivity contribution >= 4 is 23.2 Å². The van der Waals surface area contributed by atoms with Crippen molar-refractivity contribution in [2.24, 2.45) is 0 Å². The molecule has 1 atom stereocenters. The first-order valence-electron chi connectivity index (χ1n) is 9.44. The third kappa shape index (κ3) is 5.40. The summed E-state index contributed by atoms with van der Waals surface area (Å²) < 4.78 is 0. The quantitative estimate of drug-likeness (QED) is 0.804. The predicted molar refractivity (Wildman–Crippen MR) is 109 cm³/mol. The summed E-state index contributed by atoms with van der Waals surface area (Å²) in [5.41, 5.74) is 2.69. The van der Waals surface area contributed by atoms with Gasteiger partial charge in [-0.2, -0.15) is 0 Å². The standard InChI is InChI=1S/C21H27N3O2S/c1-15-6-3-4-7-17(15)14-24-11-9-18(10-12-24)23-20(25)16(2)22-21(26)19-8-5-13-27-19/h3-8,13,16,18H,9-12,14H2,1-2H3,(H,22,26)(H,23,25). The van der Waals surface area contributed by atoms with Crippen molar-refractivity contribution in [1.82, 2.24) is 15.5 Å². The number of amides is 2. The fraction of sp³-hybridized carbons (Fsp3) is 0.429. The van der Waals surface area contributed by atoms with E-state index >= 15 is 0 Å². The predicted octanol–water partition coefficient (Wildman–Crippen LogP) is 2.96. The van der Waals surface area contributed by atoms with Crippen LogP contribution in [0.1, 0.15) is 40.6 Å². The maximum Gasteiger partial charge on any atom is 0.261 e. The molecule has 2 heterocycles. The Bertz CT molecular complexity index is 767. The van der Waals surface area contributed by atoms with Crippen LogP contribution >= 0.6 is 11.3 Å². The molecule has 1 aromatic heterocycles. The number of hydrogen-bond donors (Lipinski definition) is 2. The highest BCUT2D eigenvalue weighted by Gasteiger charge is 2.24. The average Bonchev–Trinajstić information content (AvgIpc) is 3.20. The molecule has 0 saturated carbocycles. The van der Waals surface area contributed by atoms with Crippen LogP contribution in [0, 0.1) is 6.92 Å². The Morgan fingerprint density at radius 3 is 2.59 bits per heavy atom. The Morgan fingerprint density at radius 1 is 1.19 bits per heavy atom. The zero-order valence-corrected chi connectivity index (χ0v) is 16.7. The van der Waals surface area contributed by atoms with Crippen LogP contribution < -0.4 is 10.6 Å². The van der Waals surface area contributed by atoms with Gasteiger partial charge in [-0.15, -0.1) is 11.3 Å². The number of nitrogens with zero attached hydrogens (tertiary/aromatic N) is 1. The molecule has 1 aromatic carbocycles. The summed E-state index contributed by atoms with van der Waals surface area (Å²) in [6.07, 6.45) is 1.87. The van der Waals surface area contributed by atoms with E-state index in [-0.39, 0.29) is 17.9 Å². The fourth-order valence-corrected chi connectivity index (χ4v) is 3.96. The highest BCUT2D eigenvalue weighted by atomic mass is 32.1. The van der Waals surface area contributed by atoms with E-state index in [0.717, 1.165) is 32.5 Å². The summed E-state index contributed by atoms with van der Waals surface area (Å²) in [5, 5.41) is 7.71. The van der Waals surface area contributed by atoms with Gasteiger partial charge in [0.2, 0.25) is 5.91 Å². The van der Waals surface area contributed by atoms with E-state index in [9.17, 15) is 9.59 Å². The van der Waals surface area contributed by atoms with E-state index in [1.54, 1.807) is 13.0 Å². The van der Waals surface area contributed by atoms with Gasteiger partial charge in [0, 0.05) is 25.7 Å². The van der Waals surface area contributed by atoms with Gasteiger partial charge in [-0.25, -0.2) is 0 Å². The number of likely N-dealkylation sites (tertiary alicyclic amines) is 1. The second-order valence-electron chi connectivity index (χ2n) is 7.16. The molecular formula is C21H27N3O2S. The second-order valence-corrected chi connectivity index (χ2v) is 8.11. The zero-order valence-electron chi connectivity index (χ0n) is 15.9. The third-order valence-corrected chi connectivity index (χ3v) is 5.94. The molecule has 0 radical (unpaired) electrons. The maximum atomic E-state index is 12.4. The highest BCUT2D eigenvalue weighted by molar-refractivity contribution is 7.12. The van der Waals surface area contributed by atoms with Crippen LogP contribution in [-0.2, 0) is 11.3 Å². The molecule has 27 heavy (non-hydrogen) atoms. The number of hydrogen-bond acceptors (Lipinski definition) is 4. The summed E-state index contributed by atoms with van der Waals surface area (Å²) in [4.78, 5) is 27.5. The first-order chi connectivity index (χ1) is 13.0. The first kappa shape index (κ1) is 19.6. The molecule has 1 fully saturated rings. The van der Waals surface area contributed by atoms with Crippen molar-refractivity contribution in [3.63, 3.8) is 0 Å². The van der Waals surface area contributed by atoms with E-state index in [2.05, 4.69) is 46.7 Å². The van der Waals surface area contributed by atoms with Crippen LogP contribution in [0.25, 0.3) is 0 Å². The molecule has 5 nitrogen and oxygen atoms in total. The van der Waals surface area contributed by atoms with Crippen molar-refractivity contribution < 1.29 is 9.59 Å². The summed E-state index contributed by atoms with van der Waals surface area (Å²) in [6.45, 7) is 6.77. The molecule has 2 N–H and O–H groups in total. The minimum atomic E-state index is -0.537. The third-order valence-electron chi connectivity index (χ3n) is 5.08. The highest BCUT2D eigenvalue weighted by Crippen LogP contribution is 2.16. The fourth-order valence-electron chi connectivity index (χ4n) is 3.33. The van der Waals surface area contributed by atoms with Crippen LogP contribution in [0.5, 0.6) is 0 Å². The van der Waals surface area contributed by atoms with Gasteiger partial charge in [0.1, 0.15) is 6.04 Å². The number of nitrogens with one attached hydrogen (secondary N) is 2. The maximum absolute atomic E-state index is 12.4. The molecular weight excluding hydrogens is 358 g/mol. The van der Waals surface area contributed by atoms with Crippen molar-refractivity contribution in [3.8, 4) is 0 Å².